The number of esters is 1. The summed E-state index contributed by atoms with van der Waals surface area (Å²) in [6, 6.07) is 14.2. The summed E-state index contributed by atoms with van der Waals surface area (Å²) in [5, 5.41) is 0. The van der Waals surface area contributed by atoms with E-state index in [9.17, 15) is 18.0 Å². The van der Waals surface area contributed by atoms with Crippen molar-refractivity contribution >= 4 is 29.0 Å². The predicted molar refractivity (Wildman–Crippen MR) is 155 cm³/mol. The van der Waals surface area contributed by atoms with Crippen LogP contribution in [0.2, 0.25) is 0 Å². The highest BCUT2D eigenvalue weighted by atomic mass is 19.4. The number of ether oxygens (including phenoxy) is 3. The third kappa shape index (κ3) is 5.78. The van der Waals surface area contributed by atoms with Crippen LogP contribution < -0.4 is 19.3 Å². The van der Waals surface area contributed by atoms with Gasteiger partial charge >= 0.3 is 12.1 Å². The average Bonchev–Trinajstić information content (AvgIpc) is 3.02. The number of piperazine rings is 1. The molecule has 228 valence electrons. The second kappa shape index (κ2) is 12.0. The molecule has 0 radical (unpaired) electrons. The molecule has 1 saturated heterocycles. The molecular formula is C31H32F4N4O4. The van der Waals surface area contributed by atoms with Crippen LogP contribution in [0.5, 0.6) is 11.5 Å². The summed E-state index contributed by atoms with van der Waals surface area (Å²) in [5.74, 6) is -1.08. The zero-order chi connectivity index (χ0) is 30.9. The summed E-state index contributed by atoms with van der Waals surface area (Å²) in [6.45, 7) is 3.51. The maximum Gasteiger partial charge on any atom is 0.416 e. The van der Waals surface area contributed by atoms with E-state index in [1.165, 1.54) is 32.4 Å². The number of carbonyl (C=O) groups excluding carboxylic acids is 1. The van der Waals surface area contributed by atoms with Crippen molar-refractivity contribution in [2.45, 2.75) is 19.1 Å². The number of benzene rings is 3. The molecule has 3 aromatic rings. The predicted octanol–water partition coefficient (Wildman–Crippen LogP) is 6.04. The molecule has 0 saturated carbocycles. The van der Waals surface area contributed by atoms with Crippen LogP contribution >= 0.6 is 0 Å². The number of anilines is 2. The van der Waals surface area contributed by atoms with E-state index in [1.807, 2.05) is 29.2 Å². The highest BCUT2D eigenvalue weighted by Gasteiger charge is 2.43. The Balaban J connectivity index is 1.64. The van der Waals surface area contributed by atoms with Crippen LogP contribution in [0.1, 0.15) is 24.1 Å². The largest absolute Gasteiger partial charge is 0.497 e. The maximum absolute atomic E-state index is 15.3. The first-order valence-electron chi connectivity index (χ1n) is 13.7. The molecule has 0 amide bonds. The molecule has 12 heteroatoms. The van der Waals surface area contributed by atoms with Crippen molar-refractivity contribution in [1.29, 1.82) is 0 Å². The lowest BCUT2D eigenvalue weighted by Gasteiger charge is -2.46. The van der Waals surface area contributed by atoms with E-state index in [1.54, 1.807) is 25.0 Å². The molecule has 2 heterocycles. The smallest absolute Gasteiger partial charge is 0.416 e. The summed E-state index contributed by atoms with van der Waals surface area (Å²) in [7, 11) is 4.18. The number of aliphatic imine (C=N–C) groups is 1. The topological polar surface area (TPSA) is 66.8 Å². The SMILES string of the molecule is COC(=O)C(C)C1c2cccc(F)c2N=C(N2CCN(c3cccc(OC)c3)CC2)N1c1cc(C(F)(F)F)ccc1OC. The third-order valence-corrected chi connectivity index (χ3v) is 7.84. The summed E-state index contributed by atoms with van der Waals surface area (Å²) in [4.78, 5) is 23.3. The number of carbonyl (C=O) groups is 1. The van der Waals surface area contributed by atoms with Gasteiger partial charge in [-0.15, -0.1) is 0 Å². The van der Waals surface area contributed by atoms with Crippen LogP contribution in [-0.2, 0) is 15.7 Å². The van der Waals surface area contributed by atoms with Gasteiger partial charge in [0, 0.05) is 43.5 Å². The number of halogens is 4. The molecule has 0 bridgehead atoms. The average molecular weight is 601 g/mol. The number of fused-ring (bicyclic) bond motifs is 1. The Labute approximate surface area is 247 Å². The van der Waals surface area contributed by atoms with Crippen LogP contribution in [0.4, 0.5) is 34.6 Å². The fourth-order valence-corrected chi connectivity index (χ4v) is 5.62. The van der Waals surface area contributed by atoms with E-state index < -0.39 is 35.5 Å². The minimum atomic E-state index is -4.65. The van der Waals surface area contributed by atoms with Crippen molar-refractivity contribution in [2.24, 2.45) is 10.9 Å². The van der Waals surface area contributed by atoms with E-state index in [0.717, 1.165) is 17.8 Å². The lowest BCUT2D eigenvalue weighted by molar-refractivity contribution is -0.145. The number of guanidine groups is 1. The van der Waals surface area contributed by atoms with Crippen molar-refractivity contribution < 1.29 is 36.6 Å². The maximum atomic E-state index is 15.3. The van der Waals surface area contributed by atoms with Crippen molar-refractivity contribution in [1.82, 2.24) is 4.90 Å². The van der Waals surface area contributed by atoms with E-state index in [0.29, 0.717) is 37.5 Å². The molecule has 2 atom stereocenters. The lowest BCUT2D eigenvalue weighted by Crippen LogP contribution is -2.56. The lowest BCUT2D eigenvalue weighted by atomic mass is 9.89. The summed E-state index contributed by atoms with van der Waals surface area (Å²) < 4.78 is 73.2. The van der Waals surface area contributed by atoms with Gasteiger partial charge in [-0.25, -0.2) is 9.38 Å². The van der Waals surface area contributed by atoms with Gasteiger partial charge in [0.2, 0.25) is 5.96 Å². The quantitative estimate of drug-likeness (QED) is 0.253. The molecule has 2 unspecified atom stereocenters. The summed E-state index contributed by atoms with van der Waals surface area (Å²) in [6.07, 6.45) is -4.65. The Morgan fingerprint density at radius 2 is 1.63 bits per heavy atom. The molecule has 2 aliphatic rings. The number of methoxy groups -OCH3 is 3. The number of para-hydroxylation sites is 1. The minimum Gasteiger partial charge on any atom is -0.497 e. The van der Waals surface area contributed by atoms with Gasteiger partial charge in [0.1, 0.15) is 23.0 Å². The zero-order valence-corrected chi connectivity index (χ0v) is 24.2. The Bertz CT molecular complexity index is 1520. The van der Waals surface area contributed by atoms with Crippen molar-refractivity contribution in [3.05, 3.63) is 77.6 Å². The van der Waals surface area contributed by atoms with E-state index in [2.05, 4.69) is 4.90 Å². The van der Waals surface area contributed by atoms with Crippen LogP contribution in [0.15, 0.2) is 65.7 Å². The molecule has 0 aromatic heterocycles. The van der Waals surface area contributed by atoms with Crippen molar-refractivity contribution in [3.63, 3.8) is 0 Å². The van der Waals surface area contributed by atoms with Gasteiger partial charge in [0.05, 0.1) is 44.5 Å². The molecule has 8 nitrogen and oxygen atoms in total. The van der Waals surface area contributed by atoms with E-state index in [4.69, 9.17) is 19.2 Å². The van der Waals surface area contributed by atoms with Gasteiger partial charge in [-0.2, -0.15) is 13.2 Å². The molecule has 0 spiro atoms. The third-order valence-electron chi connectivity index (χ3n) is 7.84. The first-order chi connectivity index (χ1) is 20.6. The molecule has 1 fully saturated rings. The first kappa shape index (κ1) is 30.0. The Hall–Kier alpha value is -4.48. The monoisotopic (exact) mass is 600 g/mol. The van der Waals surface area contributed by atoms with Gasteiger partial charge in [-0.1, -0.05) is 18.2 Å². The second-order valence-electron chi connectivity index (χ2n) is 10.3. The highest BCUT2D eigenvalue weighted by molar-refractivity contribution is 6.02. The first-order valence-corrected chi connectivity index (χ1v) is 13.7. The normalized spacial score (nSPS) is 17.6. The molecule has 3 aromatic carbocycles. The Morgan fingerprint density at radius 1 is 0.930 bits per heavy atom. The fourth-order valence-electron chi connectivity index (χ4n) is 5.62. The summed E-state index contributed by atoms with van der Waals surface area (Å²) in [5.41, 5.74) is 0.461. The number of rotatable bonds is 6. The van der Waals surface area contributed by atoms with Crippen LogP contribution in [0.3, 0.4) is 0 Å². The van der Waals surface area contributed by atoms with Gasteiger partial charge in [0.15, 0.2) is 0 Å². The standard InChI is InChI=1S/C31H32F4N4O4/c1-19(29(40)43-4)28-23-9-6-10-24(32)27(23)36-30(39(28)25-17-20(31(33,34)35)11-12-26(25)42-3)38-15-13-37(14-16-38)21-7-5-8-22(18-21)41-2/h5-12,17-19,28H,13-16H2,1-4H3. The van der Waals surface area contributed by atoms with Crippen LogP contribution in [0, 0.1) is 11.7 Å². The van der Waals surface area contributed by atoms with Crippen LogP contribution in [-0.4, -0.2) is 64.3 Å². The van der Waals surface area contributed by atoms with Crippen molar-refractivity contribution in [2.75, 3.05) is 57.3 Å². The zero-order valence-electron chi connectivity index (χ0n) is 24.2. The molecule has 2 aliphatic heterocycles. The number of alkyl halides is 3. The Morgan fingerprint density at radius 3 is 2.28 bits per heavy atom. The number of nitrogens with zero attached hydrogens (tertiary/aromatic N) is 4. The fraction of sp³-hybridized carbons (Fsp3) is 0.355. The van der Waals surface area contributed by atoms with E-state index in [-0.39, 0.29) is 23.1 Å². The van der Waals surface area contributed by atoms with Gasteiger partial charge in [-0.3, -0.25) is 4.79 Å². The summed E-state index contributed by atoms with van der Waals surface area (Å²) >= 11 is 0. The molecule has 5 rings (SSSR count). The molecule has 43 heavy (non-hydrogen) atoms. The minimum absolute atomic E-state index is 0.0238. The number of hydrogen-bond acceptors (Lipinski definition) is 8. The molecule has 0 aliphatic carbocycles. The molecular weight excluding hydrogens is 568 g/mol. The number of hydrogen-bond donors (Lipinski definition) is 0. The van der Waals surface area contributed by atoms with Gasteiger partial charge < -0.3 is 28.9 Å². The van der Waals surface area contributed by atoms with Gasteiger partial charge in [-0.05, 0) is 43.3 Å². The van der Waals surface area contributed by atoms with Gasteiger partial charge in [0.25, 0.3) is 0 Å². The Kier molecular flexibility index (Phi) is 8.38. The second-order valence-corrected chi connectivity index (χ2v) is 10.3. The highest BCUT2D eigenvalue weighted by Crippen LogP contribution is 2.47. The van der Waals surface area contributed by atoms with Crippen molar-refractivity contribution in [3.8, 4) is 11.5 Å². The molecule has 0 N–H and O–H groups in total. The van der Waals surface area contributed by atoms with E-state index >= 15 is 4.39 Å². The van der Waals surface area contributed by atoms with Crippen LogP contribution in [0.25, 0.3) is 0 Å².